The second-order valence-electron chi connectivity index (χ2n) is 4.46. The molecule has 0 bridgehead atoms. The number of hydrogen-bond donors (Lipinski definition) is 0. The third-order valence-corrected chi connectivity index (χ3v) is 2.72. The Kier molecular flexibility index (Phi) is 12.7. The van der Waals surface area contributed by atoms with Crippen LogP contribution in [-0.2, 0) is 9.53 Å². The molecular weight excluding hydrogens is 212 g/mol. The van der Waals surface area contributed by atoms with Gasteiger partial charge in [-0.1, -0.05) is 58.1 Å². The Balaban J connectivity index is 3.25. The van der Waals surface area contributed by atoms with Crippen LogP contribution in [0.2, 0.25) is 0 Å². The Morgan fingerprint density at radius 3 is 2.35 bits per heavy atom. The summed E-state index contributed by atoms with van der Waals surface area (Å²) in [6.45, 7) is 4.79. The summed E-state index contributed by atoms with van der Waals surface area (Å²) in [5.41, 5.74) is 0. The summed E-state index contributed by atoms with van der Waals surface area (Å²) in [4.78, 5) is 11.2. The van der Waals surface area contributed by atoms with Gasteiger partial charge in [-0.25, -0.2) is 0 Å². The molecule has 0 fully saturated rings. The van der Waals surface area contributed by atoms with Gasteiger partial charge in [0.1, 0.15) is 6.61 Å². The molecule has 0 saturated carbocycles. The first-order valence-electron chi connectivity index (χ1n) is 7.11. The molecule has 2 heteroatoms. The topological polar surface area (TPSA) is 26.3 Å². The molecule has 0 unspecified atom stereocenters. The van der Waals surface area contributed by atoms with Crippen molar-refractivity contribution in [3.05, 3.63) is 12.2 Å². The molecule has 0 aliphatic carbocycles. The highest BCUT2D eigenvalue weighted by molar-refractivity contribution is 5.69. The van der Waals surface area contributed by atoms with E-state index in [-0.39, 0.29) is 5.97 Å². The van der Waals surface area contributed by atoms with Crippen molar-refractivity contribution in [2.45, 2.75) is 71.6 Å². The van der Waals surface area contributed by atoms with E-state index in [0.717, 1.165) is 25.7 Å². The van der Waals surface area contributed by atoms with E-state index in [1.807, 2.05) is 6.08 Å². The van der Waals surface area contributed by atoms with E-state index in [4.69, 9.17) is 4.74 Å². The third-order valence-electron chi connectivity index (χ3n) is 2.72. The molecule has 0 aromatic heterocycles. The molecule has 2 nitrogen and oxygen atoms in total. The smallest absolute Gasteiger partial charge is 0.306 e. The fraction of sp³-hybridized carbons (Fsp3) is 0.800. The van der Waals surface area contributed by atoms with E-state index < -0.39 is 0 Å². The molecular formula is C15H28O2. The lowest BCUT2D eigenvalue weighted by atomic mass is 10.1. The van der Waals surface area contributed by atoms with Crippen LogP contribution >= 0.6 is 0 Å². The van der Waals surface area contributed by atoms with E-state index >= 15 is 0 Å². The predicted molar refractivity (Wildman–Crippen MR) is 73.0 cm³/mol. The van der Waals surface area contributed by atoms with Gasteiger partial charge in [-0.05, 0) is 19.3 Å². The fourth-order valence-corrected chi connectivity index (χ4v) is 1.61. The van der Waals surface area contributed by atoms with Gasteiger partial charge in [-0.2, -0.15) is 0 Å². The maximum Gasteiger partial charge on any atom is 0.306 e. The fourth-order valence-electron chi connectivity index (χ4n) is 1.61. The molecule has 17 heavy (non-hydrogen) atoms. The Morgan fingerprint density at radius 1 is 0.941 bits per heavy atom. The highest BCUT2D eigenvalue weighted by Gasteiger charge is 1.99. The molecule has 0 aliphatic rings. The molecule has 0 heterocycles. The maximum atomic E-state index is 11.2. The van der Waals surface area contributed by atoms with Crippen LogP contribution in [-0.4, -0.2) is 12.6 Å². The molecule has 0 atom stereocenters. The summed E-state index contributed by atoms with van der Waals surface area (Å²) in [5, 5.41) is 0. The SMILES string of the molecule is CCCCCC/C=C/COC(=O)CCCCC. The van der Waals surface area contributed by atoms with Crippen LogP contribution in [0.4, 0.5) is 0 Å². The van der Waals surface area contributed by atoms with Crippen molar-refractivity contribution in [1.29, 1.82) is 0 Å². The minimum atomic E-state index is -0.0610. The normalized spacial score (nSPS) is 10.9. The van der Waals surface area contributed by atoms with Crippen molar-refractivity contribution in [2.24, 2.45) is 0 Å². The van der Waals surface area contributed by atoms with Crippen molar-refractivity contribution < 1.29 is 9.53 Å². The first-order chi connectivity index (χ1) is 8.31. The zero-order chi connectivity index (χ0) is 12.8. The predicted octanol–water partition coefficient (Wildman–Crippen LogP) is 4.64. The quantitative estimate of drug-likeness (QED) is 0.299. The number of ether oxygens (including phenoxy) is 1. The van der Waals surface area contributed by atoms with Crippen LogP contribution < -0.4 is 0 Å². The molecule has 0 rings (SSSR count). The molecule has 0 spiro atoms. The van der Waals surface area contributed by atoms with Crippen LogP contribution in [0.5, 0.6) is 0 Å². The maximum absolute atomic E-state index is 11.2. The van der Waals surface area contributed by atoms with E-state index in [9.17, 15) is 4.79 Å². The second-order valence-corrected chi connectivity index (χ2v) is 4.46. The number of rotatable bonds is 11. The first-order valence-corrected chi connectivity index (χ1v) is 7.11. The summed E-state index contributed by atoms with van der Waals surface area (Å²) in [6.07, 6.45) is 14.1. The van der Waals surface area contributed by atoms with Gasteiger partial charge in [-0.3, -0.25) is 4.79 Å². The van der Waals surface area contributed by atoms with Crippen molar-refractivity contribution >= 4 is 5.97 Å². The Morgan fingerprint density at radius 2 is 1.65 bits per heavy atom. The summed E-state index contributed by atoms with van der Waals surface area (Å²) in [6, 6.07) is 0. The van der Waals surface area contributed by atoms with E-state index in [1.54, 1.807) is 0 Å². The third kappa shape index (κ3) is 13.1. The first kappa shape index (κ1) is 16.2. The molecule has 0 aromatic carbocycles. The number of esters is 1. The summed E-state index contributed by atoms with van der Waals surface area (Å²) in [5.74, 6) is -0.0610. The molecule has 0 radical (unpaired) electrons. The zero-order valence-corrected chi connectivity index (χ0v) is 11.5. The highest BCUT2D eigenvalue weighted by Crippen LogP contribution is 2.03. The lowest BCUT2D eigenvalue weighted by Gasteiger charge is -2.00. The average Bonchev–Trinajstić information content (AvgIpc) is 2.33. The number of allylic oxidation sites excluding steroid dienone is 1. The van der Waals surface area contributed by atoms with E-state index in [2.05, 4.69) is 19.9 Å². The van der Waals surface area contributed by atoms with Gasteiger partial charge in [0.25, 0.3) is 0 Å². The number of carbonyl (C=O) groups excluding carboxylic acids is 1. The van der Waals surface area contributed by atoms with Gasteiger partial charge in [0.2, 0.25) is 0 Å². The van der Waals surface area contributed by atoms with Crippen LogP contribution in [0, 0.1) is 0 Å². The average molecular weight is 240 g/mol. The van der Waals surface area contributed by atoms with E-state index in [0.29, 0.717) is 13.0 Å². The summed E-state index contributed by atoms with van der Waals surface area (Å²) in [7, 11) is 0. The molecule has 0 saturated heterocycles. The summed E-state index contributed by atoms with van der Waals surface area (Å²) >= 11 is 0. The second kappa shape index (κ2) is 13.3. The van der Waals surface area contributed by atoms with E-state index in [1.165, 1.54) is 25.7 Å². The molecule has 0 N–H and O–H groups in total. The van der Waals surface area contributed by atoms with Crippen molar-refractivity contribution in [1.82, 2.24) is 0 Å². The minimum Gasteiger partial charge on any atom is -0.461 e. The molecule has 100 valence electrons. The van der Waals surface area contributed by atoms with Gasteiger partial charge in [-0.15, -0.1) is 0 Å². The van der Waals surface area contributed by atoms with Gasteiger partial charge < -0.3 is 4.74 Å². The van der Waals surface area contributed by atoms with Crippen molar-refractivity contribution in [3.63, 3.8) is 0 Å². The van der Waals surface area contributed by atoms with Crippen LogP contribution in [0.25, 0.3) is 0 Å². The standard InChI is InChI=1S/C15H28O2/c1-3-5-7-8-9-10-12-14-17-15(16)13-11-6-4-2/h10,12H,3-9,11,13-14H2,1-2H3/b12-10+. The molecule has 0 aromatic rings. The van der Waals surface area contributed by atoms with Gasteiger partial charge in [0, 0.05) is 6.42 Å². The summed E-state index contributed by atoms with van der Waals surface area (Å²) < 4.78 is 5.09. The van der Waals surface area contributed by atoms with Gasteiger partial charge in [0.15, 0.2) is 0 Å². The lowest BCUT2D eigenvalue weighted by Crippen LogP contribution is -2.03. The van der Waals surface area contributed by atoms with Crippen molar-refractivity contribution in [2.75, 3.05) is 6.61 Å². The molecule has 0 amide bonds. The van der Waals surface area contributed by atoms with Gasteiger partial charge in [0.05, 0.1) is 0 Å². The Labute approximate surface area is 106 Å². The number of hydrogen-bond acceptors (Lipinski definition) is 2. The lowest BCUT2D eigenvalue weighted by molar-refractivity contribution is -0.142. The van der Waals surface area contributed by atoms with Crippen LogP contribution in [0.15, 0.2) is 12.2 Å². The largest absolute Gasteiger partial charge is 0.461 e. The highest BCUT2D eigenvalue weighted by atomic mass is 16.5. The monoisotopic (exact) mass is 240 g/mol. The number of carbonyl (C=O) groups is 1. The van der Waals surface area contributed by atoms with Crippen LogP contribution in [0.1, 0.15) is 71.6 Å². The number of unbranched alkanes of at least 4 members (excludes halogenated alkanes) is 6. The zero-order valence-electron chi connectivity index (χ0n) is 11.5. The Hall–Kier alpha value is -0.790. The minimum absolute atomic E-state index is 0.0610. The van der Waals surface area contributed by atoms with Crippen molar-refractivity contribution in [3.8, 4) is 0 Å². The van der Waals surface area contributed by atoms with Gasteiger partial charge >= 0.3 is 5.97 Å². The van der Waals surface area contributed by atoms with Crippen LogP contribution in [0.3, 0.4) is 0 Å². The Bertz CT molecular complexity index is 197. The molecule has 0 aliphatic heterocycles.